The zero-order valence-electron chi connectivity index (χ0n) is 11.6. The Bertz CT molecular complexity index is 263. The Morgan fingerprint density at radius 3 is 2.28 bits per heavy atom. The molecule has 1 rings (SSSR count). The lowest BCUT2D eigenvalue weighted by Gasteiger charge is -2.36. The molecular formula is C13H26N2O3. The van der Waals surface area contributed by atoms with Crippen LogP contribution in [-0.2, 0) is 4.79 Å². The van der Waals surface area contributed by atoms with Crippen LogP contribution in [0.3, 0.4) is 0 Å². The molecule has 0 atom stereocenters. The molecule has 106 valence electrons. The number of nitrogens with zero attached hydrogens (tertiary/aromatic N) is 2. The van der Waals surface area contributed by atoms with E-state index in [9.17, 15) is 9.90 Å². The van der Waals surface area contributed by atoms with Crippen molar-refractivity contribution in [3.63, 3.8) is 0 Å². The highest BCUT2D eigenvalue weighted by Gasteiger charge is 2.31. The third-order valence-electron chi connectivity index (χ3n) is 3.52. The number of rotatable bonds is 7. The van der Waals surface area contributed by atoms with Crippen LogP contribution in [0.4, 0.5) is 0 Å². The van der Waals surface area contributed by atoms with Crippen LogP contribution in [0.1, 0.15) is 32.1 Å². The van der Waals surface area contributed by atoms with E-state index in [1.807, 2.05) is 23.9 Å². The highest BCUT2D eigenvalue weighted by atomic mass is 16.4. The van der Waals surface area contributed by atoms with E-state index >= 15 is 0 Å². The first-order chi connectivity index (χ1) is 8.41. The van der Waals surface area contributed by atoms with Crippen molar-refractivity contribution in [3.05, 3.63) is 0 Å². The minimum Gasteiger partial charge on any atom is -0.480 e. The van der Waals surface area contributed by atoms with E-state index in [2.05, 4.69) is 0 Å². The second-order valence-corrected chi connectivity index (χ2v) is 5.69. The maximum atomic E-state index is 10.9. The second kappa shape index (κ2) is 7.07. The fraction of sp³-hybridized carbons (Fsp3) is 0.923. The van der Waals surface area contributed by atoms with Crippen LogP contribution in [0.2, 0.25) is 0 Å². The second-order valence-electron chi connectivity index (χ2n) is 5.69. The van der Waals surface area contributed by atoms with Gasteiger partial charge in [0.25, 0.3) is 0 Å². The monoisotopic (exact) mass is 258 g/mol. The van der Waals surface area contributed by atoms with Gasteiger partial charge < -0.3 is 15.1 Å². The molecule has 0 radical (unpaired) electrons. The standard InChI is InChI=1S/C13H26N2O3/c1-14(2)8-9-15(10-12(16)17)11-13(18)6-4-3-5-7-13/h18H,3-11H2,1-2H3,(H,16,17). The average Bonchev–Trinajstić information content (AvgIpc) is 2.25. The maximum absolute atomic E-state index is 10.9. The summed E-state index contributed by atoms with van der Waals surface area (Å²) in [5, 5.41) is 19.4. The predicted molar refractivity (Wildman–Crippen MR) is 70.7 cm³/mol. The van der Waals surface area contributed by atoms with Crippen LogP contribution < -0.4 is 0 Å². The molecule has 5 nitrogen and oxygen atoms in total. The van der Waals surface area contributed by atoms with E-state index in [1.54, 1.807) is 0 Å². The molecule has 1 fully saturated rings. The molecule has 0 aromatic rings. The van der Waals surface area contributed by atoms with Gasteiger partial charge in [0, 0.05) is 19.6 Å². The molecule has 1 saturated carbocycles. The van der Waals surface area contributed by atoms with Crippen LogP contribution in [0, 0.1) is 0 Å². The molecule has 0 unspecified atom stereocenters. The lowest BCUT2D eigenvalue weighted by Crippen LogP contribution is -2.47. The van der Waals surface area contributed by atoms with Crippen molar-refractivity contribution in [3.8, 4) is 0 Å². The summed E-state index contributed by atoms with van der Waals surface area (Å²) in [7, 11) is 3.93. The van der Waals surface area contributed by atoms with Gasteiger partial charge in [-0.2, -0.15) is 0 Å². The Hall–Kier alpha value is -0.650. The van der Waals surface area contributed by atoms with Gasteiger partial charge in [0.1, 0.15) is 0 Å². The van der Waals surface area contributed by atoms with E-state index in [0.29, 0.717) is 13.1 Å². The zero-order chi connectivity index (χ0) is 13.6. The topological polar surface area (TPSA) is 64.0 Å². The van der Waals surface area contributed by atoms with Gasteiger partial charge in [-0.1, -0.05) is 19.3 Å². The molecule has 1 aliphatic rings. The number of carbonyl (C=O) groups is 1. The Kier molecular flexibility index (Phi) is 6.05. The van der Waals surface area contributed by atoms with Crippen molar-refractivity contribution in [1.29, 1.82) is 0 Å². The summed E-state index contributed by atoms with van der Waals surface area (Å²) in [6.07, 6.45) is 4.87. The lowest BCUT2D eigenvalue weighted by atomic mass is 9.84. The molecule has 18 heavy (non-hydrogen) atoms. The van der Waals surface area contributed by atoms with Gasteiger partial charge in [0.2, 0.25) is 0 Å². The fourth-order valence-electron chi connectivity index (χ4n) is 2.53. The highest BCUT2D eigenvalue weighted by Crippen LogP contribution is 2.28. The molecule has 0 heterocycles. The molecule has 0 saturated heterocycles. The van der Waals surface area contributed by atoms with Crippen LogP contribution in [0.5, 0.6) is 0 Å². The Balaban J connectivity index is 2.50. The molecule has 0 aromatic heterocycles. The molecule has 0 amide bonds. The molecule has 0 aromatic carbocycles. The quantitative estimate of drug-likeness (QED) is 0.701. The third-order valence-corrected chi connectivity index (χ3v) is 3.52. The molecule has 1 aliphatic carbocycles. The summed E-state index contributed by atoms with van der Waals surface area (Å²) >= 11 is 0. The van der Waals surface area contributed by atoms with Crippen LogP contribution >= 0.6 is 0 Å². The van der Waals surface area contributed by atoms with Gasteiger partial charge in [-0.15, -0.1) is 0 Å². The zero-order valence-corrected chi connectivity index (χ0v) is 11.6. The minimum absolute atomic E-state index is 0.0101. The number of carboxylic acids is 1. The van der Waals surface area contributed by atoms with Crippen LogP contribution in [-0.4, -0.2) is 71.9 Å². The first-order valence-electron chi connectivity index (χ1n) is 6.72. The number of likely N-dealkylation sites (N-methyl/N-ethyl adjacent to an activating group) is 1. The van der Waals surface area contributed by atoms with Gasteiger partial charge in [-0.25, -0.2) is 0 Å². The fourth-order valence-corrected chi connectivity index (χ4v) is 2.53. The number of hydrogen-bond acceptors (Lipinski definition) is 4. The normalized spacial score (nSPS) is 19.4. The Morgan fingerprint density at radius 2 is 1.78 bits per heavy atom. The van der Waals surface area contributed by atoms with Crippen molar-refractivity contribution >= 4 is 5.97 Å². The minimum atomic E-state index is -0.826. The molecule has 0 aliphatic heterocycles. The number of aliphatic carboxylic acids is 1. The summed E-state index contributed by atoms with van der Waals surface area (Å²) in [5.41, 5.74) is -0.681. The predicted octanol–water partition coefficient (Wildman–Crippen LogP) is 0.630. The average molecular weight is 258 g/mol. The number of aliphatic hydroxyl groups is 1. The molecule has 0 bridgehead atoms. The summed E-state index contributed by atoms with van der Waals surface area (Å²) in [4.78, 5) is 14.7. The van der Waals surface area contributed by atoms with E-state index < -0.39 is 11.6 Å². The molecule has 2 N–H and O–H groups in total. The maximum Gasteiger partial charge on any atom is 0.317 e. The first kappa shape index (κ1) is 15.4. The first-order valence-corrected chi connectivity index (χ1v) is 6.72. The Morgan fingerprint density at radius 1 is 1.17 bits per heavy atom. The van der Waals surface area contributed by atoms with Gasteiger partial charge in [0.15, 0.2) is 0 Å². The summed E-state index contributed by atoms with van der Waals surface area (Å²) < 4.78 is 0. The van der Waals surface area contributed by atoms with Gasteiger partial charge in [0.05, 0.1) is 12.1 Å². The lowest BCUT2D eigenvalue weighted by molar-refractivity contribution is -0.139. The van der Waals surface area contributed by atoms with E-state index in [-0.39, 0.29) is 6.54 Å². The SMILES string of the molecule is CN(C)CCN(CC(=O)O)CC1(O)CCCCC1. The van der Waals surface area contributed by atoms with Crippen LogP contribution in [0.25, 0.3) is 0 Å². The van der Waals surface area contributed by atoms with Crippen molar-refractivity contribution < 1.29 is 15.0 Å². The van der Waals surface area contributed by atoms with Crippen molar-refractivity contribution in [2.75, 3.05) is 40.3 Å². The Labute approximate surface area is 109 Å². The number of hydrogen-bond donors (Lipinski definition) is 2. The van der Waals surface area contributed by atoms with Crippen molar-refractivity contribution in [2.45, 2.75) is 37.7 Å². The largest absolute Gasteiger partial charge is 0.480 e. The van der Waals surface area contributed by atoms with Crippen LogP contribution in [0.15, 0.2) is 0 Å². The smallest absolute Gasteiger partial charge is 0.317 e. The van der Waals surface area contributed by atoms with Crippen molar-refractivity contribution in [2.24, 2.45) is 0 Å². The van der Waals surface area contributed by atoms with E-state index in [1.165, 1.54) is 6.42 Å². The summed E-state index contributed by atoms with van der Waals surface area (Å²) in [6.45, 7) is 1.98. The van der Waals surface area contributed by atoms with Gasteiger partial charge in [-0.05, 0) is 26.9 Å². The van der Waals surface area contributed by atoms with Gasteiger partial charge >= 0.3 is 5.97 Å². The molecule has 0 spiro atoms. The van der Waals surface area contributed by atoms with Crippen molar-refractivity contribution in [1.82, 2.24) is 9.80 Å². The summed E-state index contributed by atoms with van der Waals surface area (Å²) in [6, 6.07) is 0. The molecule has 5 heteroatoms. The van der Waals surface area contributed by atoms with E-state index in [0.717, 1.165) is 32.2 Å². The third kappa shape index (κ3) is 5.80. The highest BCUT2D eigenvalue weighted by molar-refractivity contribution is 5.69. The summed E-state index contributed by atoms with van der Waals surface area (Å²) in [5.74, 6) is -0.826. The number of carboxylic acid groups (broad SMARTS) is 1. The van der Waals surface area contributed by atoms with E-state index in [4.69, 9.17) is 5.11 Å². The van der Waals surface area contributed by atoms with Gasteiger partial charge in [-0.3, -0.25) is 9.69 Å². The molecular weight excluding hydrogens is 232 g/mol.